The van der Waals surface area contributed by atoms with E-state index < -0.39 is 0 Å². The van der Waals surface area contributed by atoms with Crippen molar-refractivity contribution in [2.24, 2.45) is 4.99 Å². The Hall–Kier alpha value is -1.71. The van der Waals surface area contributed by atoms with Gasteiger partial charge in [-0.05, 0) is 32.0 Å². The lowest BCUT2D eigenvalue weighted by Crippen LogP contribution is -2.19. The molecule has 0 amide bonds. The average molecular weight is 234 g/mol. The van der Waals surface area contributed by atoms with Gasteiger partial charge < -0.3 is 14.8 Å². The summed E-state index contributed by atoms with van der Waals surface area (Å²) in [7, 11) is 1.65. The van der Waals surface area contributed by atoms with Crippen LogP contribution in [0.25, 0.3) is 0 Å². The molecule has 17 heavy (non-hydrogen) atoms. The Labute approximate surface area is 102 Å². The summed E-state index contributed by atoms with van der Waals surface area (Å²) in [5, 5.41) is 3.24. The summed E-state index contributed by atoms with van der Waals surface area (Å²) < 4.78 is 11.0. The Balaban J connectivity index is 2.30. The minimum absolute atomic E-state index is 0.123. The molecule has 0 aromatic heterocycles. The first-order chi connectivity index (χ1) is 8.20. The van der Waals surface area contributed by atoms with Crippen molar-refractivity contribution in [3.05, 3.63) is 23.8 Å². The van der Waals surface area contributed by atoms with Crippen LogP contribution in [0.1, 0.15) is 19.4 Å². The second-order valence-electron chi connectivity index (χ2n) is 4.19. The zero-order valence-electron chi connectivity index (χ0n) is 10.5. The van der Waals surface area contributed by atoms with Crippen LogP contribution >= 0.6 is 0 Å². The van der Waals surface area contributed by atoms with Gasteiger partial charge in [0, 0.05) is 12.1 Å². The van der Waals surface area contributed by atoms with E-state index in [1.807, 2.05) is 32.0 Å². The Morgan fingerprint density at radius 2 is 2.12 bits per heavy atom. The molecule has 0 aliphatic carbocycles. The molecule has 1 aliphatic heterocycles. The molecular formula is C13H18N2O2. The minimum atomic E-state index is 0.123. The molecule has 0 fully saturated rings. The van der Waals surface area contributed by atoms with Crippen molar-refractivity contribution in [1.29, 1.82) is 0 Å². The fourth-order valence-corrected chi connectivity index (χ4v) is 1.76. The molecule has 4 heteroatoms. The number of aliphatic imine (C=N–C) groups is 1. The van der Waals surface area contributed by atoms with Crippen molar-refractivity contribution in [1.82, 2.24) is 5.32 Å². The predicted molar refractivity (Wildman–Crippen MR) is 68.2 cm³/mol. The highest BCUT2D eigenvalue weighted by Gasteiger charge is 2.12. The zero-order chi connectivity index (χ0) is 12.3. The van der Waals surface area contributed by atoms with E-state index in [1.165, 1.54) is 0 Å². The number of nitrogens with zero attached hydrogens (tertiary/aromatic N) is 1. The summed E-state index contributed by atoms with van der Waals surface area (Å²) in [4.78, 5) is 4.39. The van der Waals surface area contributed by atoms with Crippen molar-refractivity contribution < 1.29 is 9.47 Å². The van der Waals surface area contributed by atoms with Crippen LogP contribution in [0.15, 0.2) is 23.2 Å². The standard InChI is InChI=1S/C13H18N2O2/c1-9(2)17-12-8-10(4-5-11(12)16-3)13-14-6-7-15-13/h4-5,8-9H,6-7H2,1-3H3,(H,14,15). The fourth-order valence-electron chi connectivity index (χ4n) is 1.76. The van der Waals surface area contributed by atoms with E-state index >= 15 is 0 Å². The molecule has 0 saturated heterocycles. The summed E-state index contributed by atoms with van der Waals surface area (Å²) in [6, 6.07) is 5.87. The molecule has 1 N–H and O–H groups in total. The third-order valence-electron chi connectivity index (χ3n) is 2.47. The van der Waals surface area contributed by atoms with Gasteiger partial charge in [-0.2, -0.15) is 0 Å². The van der Waals surface area contributed by atoms with Gasteiger partial charge in [0.2, 0.25) is 0 Å². The molecule has 0 bridgehead atoms. The normalized spacial score (nSPS) is 14.5. The van der Waals surface area contributed by atoms with Crippen LogP contribution in [0, 0.1) is 0 Å². The number of hydrogen-bond donors (Lipinski definition) is 1. The van der Waals surface area contributed by atoms with Gasteiger partial charge in [-0.25, -0.2) is 0 Å². The molecule has 4 nitrogen and oxygen atoms in total. The third kappa shape index (κ3) is 2.70. The van der Waals surface area contributed by atoms with Crippen molar-refractivity contribution in [2.45, 2.75) is 20.0 Å². The van der Waals surface area contributed by atoms with Crippen molar-refractivity contribution in [3.8, 4) is 11.5 Å². The highest BCUT2D eigenvalue weighted by Crippen LogP contribution is 2.29. The van der Waals surface area contributed by atoms with Gasteiger partial charge in [0.25, 0.3) is 0 Å². The molecule has 1 aromatic carbocycles. The van der Waals surface area contributed by atoms with Crippen molar-refractivity contribution in [2.75, 3.05) is 20.2 Å². The van der Waals surface area contributed by atoms with E-state index in [0.717, 1.165) is 36.0 Å². The van der Waals surface area contributed by atoms with E-state index in [1.54, 1.807) is 7.11 Å². The van der Waals surface area contributed by atoms with Crippen LogP contribution in [0.2, 0.25) is 0 Å². The molecule has 1 aromatic rings. The van der Waals surface area contributed by atoms with Crippen LogP contribution in [-0.2, 0) is 0 Å². The average Bonchev–Trinajstić information content (AvgIpc) is 2.81. The van der Waals surface area contributed by atoms with Crippen LogP contribution < -0.4 is 14.8 Å². The second kappa shape index (κ2) is 5.08. The van der Waals surface area contributed by atoms with E-state index in [9.17, 15) is 0 Å². The highest BCUT2D eigenvalue weighted by molar-refractivity contribution is 6.00. The Morgan fingerprint density at radius 1 is 1.29 bits per heavy atom. The second-order valence-corrected chi connectivity index (χ2v) is 4.19. The lowest BCUT2D eigenvalue weighted by atomic mass is 10.2. The first-order valence-corrected chi connectivity index (χ1v) is 5.84. The van der Waals surface area contributed by atoms with Gasteiger partial charge in [-0.1, -0.05) is 0 Å². The number of benzene rings is 1. The van der Waals surface area contributed by atoms with Crippen LogP contribution in [0.3, 0.4) is 0 Å². The largest absolute Gasteiger partial charge is 0.493 e. The molecule has 0 saturated carbocycles. The molecular weight excluding hydrogens is 216 g/mol. The maximum absolute atomic E-state index is 5.73. The van der Waals surface area contributed by atoms with E-state index in [-0.39, 0.29) is 6.10 Å². The lowest BCUT2D eigenvalue weighted by Gasteiger charge is -2.14. The summed E-state index contributed by atoms with van der Waals surface area (Å²) in [6.07, 6.45) is 0.123. The van der Waals surface area contributed by atoms with Gasteiger partial charge in [0.05, 0.1) is 19.8 Å². The Kier molecular flexibility index (Phi) is 3.52. The summed E-state index contributed by atoms with van der Waals surface area (Å²) in [6.45, 7) is 5.73. The van der Waals surface area contributed by atoms with Gasteiger partial charge in [0.1, 0.15) is 5.84 Å². The SMILES string of the molecule is COc1ccc(C2=NCCN2)cc1OC(C)C. The quantitative estimate of drug-likeness (QED) is 0.864. The number of ether oxygens (including phenoxy) is 2. The fraction of sp³-hybridized carbons (Fsp3) is 0.462. The summed E-state index contributed by atoms with van der Waals surface area (Å²) >= 11 is 0. The minimum Gasteiger partial charge on any atom is -0.493 e. The molecule has 92 valence electrons. The van der Waals surface area contributed by atoms with Gasteiger partial charge >= 0.3 is 0 Å². The molecule has 0 atom stereocenters. The van der Waals surface area contributed by atoms with E-state index in [2.05, 4.69) is 10.3 Å². The van der Waals surface area contributed by atoms with E-state index in [0.29, 0.717) is 0 Å². The number of nitrogens with one attached hydrogen (secondary N) is 1. The maximum atomic E-state index is 5.73. The smallest absolute Gasteiger partial charge is 0.162 e. The van der Waals surface area contributed by atoms with Gasteiger partial charge in [0.15, 0.2) is 11.5 Å². The molecule has 0 unspecified atom stereocenters. The van der Waals surface area contributed by atoms with Gasteiger partial charge in [-0.3, -0.25) is 4.99 Å². The summed E-state index contributed by atoms with van der Waals surface area (Å²) in [5.41, 5.74) is 1.04. The molecule has 1 heterocycles. The van der Waals surface area contributed by atoms with Crippen LogP contribution in [0.5, 0.6) is 11.5 Å². The third-order valence-corrected chi connectivity index (χ3v) is 2.47. The maximum Gasteiger partial charge on any atom is 0.162 e. The number of amidine groups is 1. The summed E-state index contributed by atoms with van der Waals surface area (Å²) in [5.74, 6) is 2.44. The van der Waals surface area contributed by atoms with Gasteiger partial charge in [-0.15, -0.1) is 0 Å². The molecule has 0 spiro atoms. The first-order valence-electron chi connectivity index (χ1n) is 5.84. The number of rotatable bonds is 4. The van der Waals surface area contributed by atoms with Crippen LogP contribution in [-0.4, -0.2) is 32.1 Å². The first kappa shape index (κ1) is 11.8. The number of hydrogen-bond acceptors (Lipinski definition) is 4. The lowest BCUT2D eigenvalue weighted by molar-refractivity contribution is 0.230. The Morgan fingerprint density at radius 3 is 2.71 bits per heavy atom. The zero-order valence-corrected chi connectivity index (χ0v) is 10.5. The molecule has 0 radical (unpaired) electrons. The monoisotopic (exact) mass is 234 g/mol. The molecule has 1 aliphatic rings. The van der Waals surface area contributed by atoms with Crippen molar-refractivity contribution in [3.63, 3.8) is 0 Å². The topological polar surface area (TPSA) is 42.8 Å². The predicted octanol–water partition coefficient (Wildman–Crippen LogP) is 1.83. The van der Waals surface area contributed by atoms with E-state index in [4.69, 9.17) is 9.47 Å². The molecule has 2 rings (SSSR count). The highest BCUT2D eigenvalue weighted by atomic mass is 16.5. The van der Waals surface area contributed by atoms with Crippen molar-refractivity contribution >= 4 is 5.84 Å². The number of methoxy groups -OCH3 is 1. The Bertz CT molecular complexity index is 427. The van der Waals surface area contributed by atoms with Crippen LogP contribution in [0.4, 0.5) is 0 Å².